The lowest BCUT2D eigenvalue weighted by Crippen LogP contribution is -3.00. The van der Waals surface area contributed by atoms with Crippen molar-refractivity contribution in [1.82, 2.24) is 9.67 Å². The monoisotopic (exact) mass is 482 g/mol. The van der Waals surface area contributed by atoms with E-state index in [4.69, 9.17) is 5.73 Å². The molecule has 1 aliphatic carbocycles. The highest BCUT2D eigenvalue weighted by atomic mass is 79.9. The molecular weight excluding hydrogens is 456 g/mol. The van der Waals surface area contributed by atoms with Crippen LogP contribution < -0.4 is 27.4 Å². The van der Waals surface area contributed by atoms with E-state index in [9.17, 15) is 9.59 Å². The van der Waals surface area contributed by atoms with Gasteiger partial charge in [0, 0.05) is 0 Å². The minimum Gasteiger partial charge on any atom is -1.00 e. The second kappa shape index (κ2) is 9.56. The van der Waals surface area contributed by atoms with Crippen LogP contribution in [0.15, 0.2) is 73.3 Å². The van der Waals surface area contributed by atoms with E-state index in [-0.39, 0.29) is 47.2 Å². The average molecular weight is 483 g/mol. The number of primary amides is 1. The predicted octanol–water partition coefficient (Wildman–Crippen LogP) is -0.424. The third-order valence-electron chi connectivity index (χ3n) is 6.27. The van der Waals surface area contributed by atoms with Gasteiger partial charge in [-0.15, -0.1) is 4.68 Å². The molecule has 2 N–H and O–H groups in total. The number of halogens is 1. The van der Waals surface area contributed by atoms with Crippen molar-refractivity contribution in [3.8, 4) is 0 Å². The van der Waals surface area contributed by atoms with Crippen molar-refractivity contribution in [1.29, 1.82) is 0 Å². The summed E-state index contributed by atoms with van der Waals surface area (Å²) in [6.45, 7) is 1.82. The minimum absolute atomic E-state index is 0. The summed E-state index contributed by atoms with van der Waals surface area (Å²) < 4.78 is 3.72. The van der Waals surface area contributed by atoms with E-state index in [0.717, 1.165) is 30.4 Å². The summed E-state index contributed by atoms with van der Waals surface area (Å²) in [7, 11) is 0. The first-order chi connectivity index (χ1) is 14.5. The highest BCUT2D eigenvalue weighted by Gasteiger charge is 2.50. The number of aromatic nitrogens is 3. The van der Waals surface area contributed by atoms with Crippen molar-refractivity contribution in [2.24, 2.45) is 11.7 Å². The quantitative estimate of drug-likeness (QED) is 0.464. The van der Waals surface area contributed by atoms with Gasteiger partial charge in [-0.3, -0.25) is 9.59 Å². The number of Topliss-reactive ketones (excluding diaryl/α,β-unsaturated/α-hetero) is 1. The van der Waals surface area contributed by atoms with Gasteiger partial charge in [0.1, 0.15) is 11.5 Å². The van der Waals surface area contributed by atoms with E-state index >= 15 is 0 Å². The lowest BCUT2D eigenvalue weighted by atomic mass is 9.64. The second-order valence-corrected chi connectivity index (χ2v) is 8.16. The molecule has 0 spiro atoms. The Morgan fingerprint density at radius 3 is 2.16 bits per heavy atom. The van der Waals surface area contributed by atoms with Crippen molar-refractivity contribution < 1.29 is 31.3 Å². The zero-order valence-corrected chi connectivity index (χ0v) is 19.1. The number of benzene rings is 2. The number of amides is 1. The molecule has 0 aliphatic heterocycles. The van der Waals surface area contributed by atoms with Gasteiger partial charge in [0.05, 0.1) is 0 Å². The number of carbonyl (C=O) groups excluding carboxylic acids is 2. The maximum atomic E-state index is 13.1. The van der Waals surface area contributed by atoms with E-state index in [1.54, 1.807) is 17.9 Å². The van der Waals surface area contributed by atoms with E-state index in [2.05, 4.69) is 9.67 Å². The van der Waals surface area contributed by atoms with Crippen LogP contribution in [0.2, 0.25) is 0 Å². The normalized spacial score (nSPS) is 18.4. The first-order valence-corrected chi connectivity index (χ1v) is 10.4. The van der Waals surface area contributed by atoms with Crippen LogP contribution >= 0.6 is 0 Å². The first kappa shape index (κ1) is 22.9. The van der Waals surface area contributed by atoms with Crippen molar-refractivity contribution in [2.75, 3.05) is 0 Å². The second-order valence-electron chi connectivity index (χ2n) is 8.16. The molecule has 4 rings (SSSR count). The summed E-state index contributed by atoms with van der Waals surface area (Å²) in [5.74, 6) is -0.188. The molecule has 0 saturated heterocycles. The van der Waals surface area contributed by atoms with Gasteiger partial charge in [0.25, 0.3) is 6.33 Å². The van der Waals surface area contributed by atoms with Gasteiger partial charge in [-0.1, -0.05) is 60.7 Å². The summed E-state index contributed by atoms with van der Waals surface area (Å²) in [5, 5.41) is 4.31. The van der Waals surface area contributed by atoms with Crippen LogP contribution in [0.4, 0.5) is 0 Å². The molecule has 31 heavy (non-hydrogen) atoms. The summed E-state index contributed by atoms with van der Waals surface area (Å²) >= 11 is 0. The SMILES string of the molecule is CC(=O)C[n+]1cn([C@H]2CC[C@@H](C(C(N)=O)(c3ccccc3)c3ccccc3)C2)cn1.[Br-]. The molecule has 3 aromatic rings. The van der Waals surface area contributed by atoms with E-state index in [1.165, 1.54) is 0 Å². The van der Waals surface area contributed by atoms with Gasteiger partial charge in [-0.25, -0.2) is 4.57 Å². The van der Waals surface area contributed by atoms with Gasteiger partial charge in [0.2, 0.25) is 12.2 Å². The standard InChI is InChI=1S/C24H26N4O2.BrH/c1-18(29)15-28-17-27(16-26-28)22-13-12-21(14-22)24(23(25)30,19-8-4-2-5-9-19)20-10-6-3-7-11-20;/h2-11,16-17,21-22H,12-15H2,1H3,(H-,25,30);1H/t21-,22+;/m1./s1. The largest absolute Gasteiger partial charge is 1.00 e. The maximum Gasteiger partial charge on any atom is 0.266 e. The number of carbonyl (C=O) groups is 2. The Kier molecular flexibility index (Phi) is 7.05. The van der Waals surface area contributed by atoms with Crippen molar-refractivity contribution >= 4 is 11.7 Å². The van der Waals surface area contributed by atoms with Gasteiger partial charge >= 0.3 is 0 Å². The fourth-order valence-electron chi connectivity index (χ4n) is 4.99. The Morgan fingerprint density at radius 1 is 1.06 bits per heavy atom. The molecule has 1 heterocycles. The fraction of sp³-hybridized carbons (Fsp3) is 0.333. The smallest absolute Gasteiger partial charge is 0.266 e. The minimum atomic E-state index is -0.882. The molecule has 1 amide bonds. The Hall–Kier alpha value is -2.80. The average Bonchev–Trinajstić information content (AvgIpc) is 3.40. The van der Waals surface area contributed by atoms with Crippen molar-refractivity contribution in [3.63, 3.8) is 0 Å². The lowest BCUT2D eigenvalue weighted by molar-refractivity contribution is -0.740. The Bertz CT molecular complexity index is 997. The molecular formula is C24H27BrN4O2. The highest BCUT2D eigenvalue weighted by Crippen LogP contribution is 2.49. The summed E-state index contributed by atoms with van der Waals surface area (Å²) in [4.78, 5) is 24.5. The molecule has 1 aromatic heterocycles. The molecule has 7 heteroatoms. The summed E-state index contributed by atoms with van der Waals surface area (Å²) in [5.41, 5.74) is 7.15. The number of hydrogen-bond donors (Lipinski definition) is 1. The Morgan fingerprint density at radius 2 is 1.65 bits per heavy atom. The molecule has 1 saturated carbocycles. The number of ketones is 1. The predicted molar refractivity (Wildman–Crippen MR) is 112 cm³/mol. The Balaban J connectivity index is 0.00000272. The first-order valence-electron chi connectivity index (χ1n) is 10.4. The van der Waals surface area contributed by atoms with Crippen LogP contribution in [0.25, 0.3) is 0 Å². The number of rotatable bonds is 7. The van der Waals surface area contributed by atoms with Crippen molar-refractivity contribution in [2.45, 2.75) is 44.2 Å². The summed E-state index contributed by atoms with van der Waals surface area (Å²) in [6.07, 6.45) is 6.26. The molecule has 2 aromatic carbocycles. The maximum absolute atomic E-state index is 13.1. The van der Waals surface area contributed by atoms with E-state index in [0.29, 0.717) is 0 Å². The third kappa shape index (κ3) is 4.32. The number of nitrogens with two attached hydrogens (primary N) is 1. The van der Waals surface area contributed by atoms with Crippen LogP contribution in [-0.2, 0) is 21.5 Å². The Labute approximate surface area is 192 Å². The molecule has 0 radical (unpaired) electrons. The van der Waals surface area contributed by atoms with Crippen LogP contribution in [0.3, 0.4) is 0 Å². The molecule has 0 unspecified atom stereocenters. The van der Waals surface area contributed by atoms with Gasteiger partial charge in [-0.05, 0) is 48.3 Å². The highest BCUT2D eigenvalue weighted by molar-refractivity contribution is 5.91. The molecule has 0 bridgehead atoms. The molecule has 162 valence electrons. The molecule has 6 nitrogen and oxygen atoms in total. The van der Waals surface area contributed by atoms with Crippen LogP contribution in [0, 0.1) is 5.92 Å². The van der Waals surface area contributed by atoms with Crippen molar-refractivity contribution in [3.05, 3.63) is 84.4 Å². The van der Waals surface area contributed by atoms with Gasteiger partial charge < -0.3 is 22.7 Å². The zero-order valence-electron chi connectivity index (χ0n) is 17.5. The van der Waals surface area contributed by atoms with Gasteiger partial charge in [-0.2, -0.15) is 0 Å². The number of hydrogen-bond acceptors (Lipinski definition) is 3. The van der Waals surface area contributed by atoms with Crippen LogP contribution in [-0.4, -0.2) is 21.4 Å². The fourth-order valence-corrected chi connectivity index (χ4v) is 4.99. The van der Waals surface area contributed by atoms with Gasteiger partial charge in [0.15, 0.2) is 12.3 Å². The topological polar surface area (TPSA) is 81.9 Å². The zero-order chi connectivity index (χ0) is 21.1. The molecule has 2 atom stereocenters. The molecule has 1 fully saturated rings. The van der Waals surface area contributed by atoms with E-state index in [1.807, 2.05) is 67.0 Å². The van der Waals surface area contributed by atoms with Crippen LogP contribution in [0.5, 0.6) is 0 Å². The third-order valence-corrected chi connectivity index (χ3v) is 6.27. The van der Waals surface area contributed by atoms with E-state index < -0.39 is 5.41 Å². The molecule has 1 aliphatic rings. The lowest BCUT2D eigenvalue weighted by Gasteiger charge is -2.37. The number of nitrogens with zero attached hydrogens (tertiary/aromatic N) is 3. The summed E-state index contributed by atoms with van der Waals surface area (Å²) in [6, 6.07) is 20.0. The van der Waals surface area contributed by atoms with Crippen LogP contribution in [0.1, 0.15) is 43.4 Å².